The molecular formula is C12H25ClN2O2. The fourth-order valence-corrected chi connectivity index (χ4v) is 1.22. The molecule has 0 aromatic rings. The van der Waals surface area contributed by atoms with Crippen LogP contribution in [0.2, 0.25) is 0 Å². The molecule has 0 radical (unpaired) electrons. The van der Waals surface area contributed by atoms with E-state index in [-0.39, 0.29) is 24.4 Å². The van der Waals surface area contributed by atoms with Crippen molar-refractivity contribution in [3.63, 3.8) is 0 Å². The maximum Gasteiger partial charge on any atom is 0.248 e. The molecular weight excluding hydrogens is 240 g/mol. The van der Waals surface area contributed by atoms with Crippen LogP contribution in [0.25, 0.3) is 0 Å². The first-order valence-electron chi connectivity index (χ1n) is 5.85. The first-order chi connectivity index (χ1) is 7.61. The van der Waals surface area contributed by atoms with Gasteiger partial charge in [-0.1, -0.05) is 13.0 Å². The van der Waals surface area contributed by atoms with Gasteiger partial charge in [-0.3, -0.25) is 4.79 Å². The minimum Gasteiger partial charge on any atom is -0.368 e. The summed E-state index contributed by atoms with van der Waals surface area (Å²) in [7, 11) is 0. The summed E-state index contributed by atoms with van der Waals surface area (Å²) in [6, 6.07) is 0.286. The quantitative estimate of drug-likeness (QED) is 0.490. The minimum absolute atomic E-state index is 0. The van der Waals surface area contributed by atoms with Gasteiger partial charge in [-0.25, -0.2) is 0 Å². The Kier molecular flexibility index (Phi) is 13.1. The molecule has 1 amide bonds. The number of likely N-dealkylation sites (N-methyl/N-ethyl adjacent to an activating group) is 1. The van der Waals surface area contributed by atoms with E-state index in [4.69, 9.17) is 4.74 Å². The minimum atomic E-state index is -0.395. The van der Waals surface area contributed by atoms with E-state index in [1.165, 1.54) is 0 Å². The molecule has 1 unspecified atom stereocenters. The number of ether oxygens (including phenoxy) is 1. The second-order valence-electron chi connectivity index (χ2n) is 3.79. The summed E-state index contributed by atoms with van der Waals surface area (Å²) >= 11 is 0. The largest absolute Gasteiger partial charge is 0.368 e. The molecule has 0 aliphatic heterocycles. The fourth-order valence-electron chi connectivity index (χ4n) is 1.22. The monoisotopic (exact) mass is 264 g/mol. The molecule has 0 heterocycles. The number of amides is 1. The van der Waals surface area contributed by atoms with Gasteiger partial charge in [0.25, 0.3) is 0 Å². The lowest BCUT2D eigenvalue weighted by Crippen LogP contribution is -2.42. The lowest BCUT2D eigenvalue weighted by Gasteiger charge is -2.16. The number of nitrogens with one attached hydrogen (secondary N) is 2. The number of hydrogen-bond donors (Lipinski definition) is 2. The molecule has 2 N–H and O–H groups in total. The summed E-state index contributed by atoms with van der Waals surface area (Å²) in [5.74, 6) is -0.0613. The van der Waals surface area contributed by atoms with Crippen LogP contribution in [0, 0.1) is 0 Å². The normalized spacial score (nSPS) is 13.4. The zero-order valence-electron chi connectivity index (χ0n) is 11.0. The lowest BCUT2D eigenvalue weighted by molar-refractivity contribution is -0.131. The Morgan fingerprint density at radius 1 is 1.47 bits per heavy atom. The average molecular weight is 265 g/mol. The molecule has 5 heteroatoms. The van der Waals surface area contributed by atoms with Crippen LogP contribution >= 0.6 is 12.4 Å². The van der Waals surface area contributed by atoms with Crippen LogP contribution in [-0.4, -0.2) is 37.7 Å². The Labute approximate surface area is 111 Å². The van der Waals surface area contributed by atoms with E-state index < -0.39 is 6.10 Å². The third-order valence-electron chi connectivity index (χ3n) is 2.19. The molecule has 0 aliphatic carbocycles. The molecule has 0 fully saturated rings. The van der Waals surface area contributed by atoms with E-state index in [2.05, 4.69) is 17.2 Å². The predicted octanol–water partition coefficient (Wildman–Crippen LogP) is 1.50. The van der Waals surface area contributed by atoms with Crippen molar-refractivity contribution in [1.29, 1.82) is 0 Å². The summed E-state index contributed by atoms with van der Waals surface area (Å²) in [4.78, 5) is 11.6. The summed E-state index contributed by atoms with van der Waals surface area (Å²) in [6.07, 6.45) is 2.15. The van der Waals surface area contributed by atoms with Crippen LogP contribution in [0.5, 0.6) is 0 Å². The fraction of sp³-hybridized carbons (Fsp3) is 0.750. The third-order valence-corrected chi connectivity index (χ3v) is 2.19. The van der Waals surface area contributed by atoms with Gasteiger partial charge in [0.2, 0.25) is 5.91 Å². The number of hydrogen-bond acceptors (Lipinski definition) is 3. The van der Waals surface area contributed by atoms with Crippen molar-refractivity contribution in [2.24, 2.45) is 0 Å². The Balaban J connectivity index is 0. The number of carbonyl (C=O) groups is 1. The smallest absolute Gasteiger partial charge is 0.248 e. The van der Waals surface area contributed by atoms with E-state index in [1.54, 1.807) is 13.0 Å². The molecule has 0 aromatic heterocycles. The van der Waals surface area contributed by atoms with Crippen LogP contribution in [0.3, 0.4) is 0 Å². The van der Waals surface area contributed by atoms with Gasteiger partial charge in [0.1, 0.15) is 6.10 Å². The highest BCUT2D eigenvalue weighted by molar-refractivity contribution is 5.85. The molecule has 2 atom stereocenters. The van der Waals surface area contributed by atoms with E-state index >= 15 is 0 Å². The van der Waals surface area contributed by atoms with E-state index in [9.17, 15) is 4.79 Å². The highest BCUT2D eigenvalue weighted by atomic mass is 35.5. The van der Waals surface area contributed by atoms with Crippen molar-refractivity contribution in [3.05, 3.63) is 12.7 Å². The van der Waals surface area contributed by atoms with Crippen molar-refractivity contribution < 1.29 is 9.53 Å². The molecule has 0 saturated carbocycles. The maximum atomic E-state index is 11.6. The number of carbonyl (C=O) groups excluding carboxylic acids is 1. The van der Waals surface area contributed by atoms with Gasteiger partial charge in [-0.05, 0) is 26.8 Å². The zero-order chi connectivity index (χ0) is 12.4. The first kappa shape index (κ1) is 18.8. The SMILES string of the molecule is C=CCCOC(C)C(=O)NC[C@@H](C)NCC.Cl. The molecule has 0 spiro atoms. The summed E-state index contributed by atoms with van der Waals surface area (Å²) in [5, 5.41) is 6.06. The van der Waals surface area contributed by atoms with Crippen LogP contribution in [0.1, 0.15) is 27.2 Å². The second-order valence-corrected chi connectivity index (χ2v) is 3.79. The van der Waals surface area contributed by atoms with E-state index in [1.807, 2.05) is 13.8 Å². The van der Waals surface area contributed by atoms with E-state index in [0.29, 0.717) is 13.2 Å². The Hall–Kier alpha value is -0.580. The number of halogens is 1. The highest BCUT2D eigenvalue weighted by Gasteiger charge is 2.13. The van der Waals surface area contributed by atoms with Gasteiger partial charge in [0, 0.05) is 12.6 Å². The van der Waals surface area contributed by atoms with Gasteiger partial charge in [0.05, 0.1) is 6.61 Å². The molecule has 17 heavy (non-hydrogen) atoms. The van der Waals surface area contributed by atoms with Crippen molar-refractivity contribution >= 4 is 18.3 Å². The van der Waals surface area contributed by atoms with Crippen LogP contribution in [0.4, 0.5) is 0 Å². The van der Waals surface area contributed by atoms with Gasteiger partial charge in [-0.2, -0.15) is 0 Å². The van der Waals surface area contributed by atoms with Crippen molar-refractivity contribution in [2.45, 2.75) is 39.3 Å². The average Bonchev–Trinajstić information content (AvgIpc) is 2.26. The Bertz CT molecular complexity index is 213. The molecule has 0 rings (SSSR count). The van der Waals surface area contributed by atoms with Crippen LogP contribution < -0.4 is 10.6 Å². The maximum absolute atomic E-state index is 11.6. The summed E-state index contributed by atoms with van der Waals surface area (Å²) in [5.41, 5.74) is 0. The van der Waals surface area contributed by atoms with E-state index in [0.717, 1.165) is 13.0 Å². The standard InChI is InChI=1S/C12H24N2O2.ClH/c1-5-7-8-16-11(4)12(15)14-9-10(3)13-6-2;/h5,10-11,13H,1,6-9H2,2-4H3,(H,14,15);1H/t10-,11?;/m1./s1. The van der Waals surface area contributed by atoms with Gasteiger partial charge in [0.15, 0.2) is 0 Å². The van der Waals surface area contributed by atoms with Gasteiger partial charge in [-0.15, -0.1) is 19.0 Å². The zero-order valence-corrected chi connectivity index (χ0v) is 11.8. The molecule has 0 aliphatic rings. The molecule has 102 valence electrons. The molecule has 0 bridgehead atoms. The van der Waals surface area contributed by atoms with Crippen molar-refractivity contribution in [2.75, 3.05) is 19.7 Å². The Morgan fingerprint density at radius 3 is 2.65 bits per heavy atom. The highest BCUT2D eigenvalue weighted by Crippen LogP contribution is 1.93. The molecule has 0 saturated heterocycles. The number of rotatable bonds is 9. The predicted molar refractivity (Wildman–Crippen MR) is 73.6 cm³/mol. The summed E-state index contributed by atoms with van der Waals surface area (Å²) in [6.45, 7) is 11.5. The lowest BCUT2D eigenvalue weighted by atomic mass is 10.3. The summed E-state index contributed by atoms with van der Waals surface area (Å²) < 4.78 is 5.33. The third kappa shape index (κ3) is 10.3. The molecule has 4 nitrogen and oxygen atoms in total. The van der Waals surface area contributed by atoms with Gasteiger partial charge >= 0.3 is 0 Å². The first-order valence-corrected chi connectivity index (χ1v) is 5.85. The molecule has 0 aromatic carbocycles. The van der Waals surface area contributed by atoms with Crippen molar-refractivity contribution in [1.82, 2.24) is 10.6 Å². The topological polar surface area (TPSA) is 50.4 Å². The van der Waals surface area contributed by atoms with Crippen LogP contribution in [0.15, 0.2) is 12.7 Å². The van der Waals surface area contributed by atoms with Crippen molar-refractivity contribution in [3.8, 4) is 0 Å². The second kappa shape index (κ2) is 11.9. The van der Waals surface area contributed by atoms with Gasteiger partial charge < -0.3 is 15.4 Å². The van der Waals surface area contributed by atoms with Crippen LogP contribution in [-0.2, 0) is 9.53 Å². The Morgan fingerprint density at radius 2 is 2.12 bits per heavy atom.